The number of phenols is 1. The number of piperidine rings is 1. The maximum absolute atomic E-state index is 11.7. The Kier molecular flexibility index (Phi) is 5.56. The highest BCUT2D eigenvalue weighted by atomic mass is 16.5. The minimum atomic E-state index is -0.529. The van der Waals surface area contributed by atoms with Gasteiger partial charge in [0.25, 0.3) is 0 Å². The second-order valence-corrected chi connectivity index (χ2v) is 6.37. The zero-order chi connectivity index (χ0) is 17.6. The summed E-state index contributed by atoms with van der Waals surface area (Å²) in [5.74, 6) is -0.570. The Morgan fingerprint density at radius 1 is 1.16 bits per heavy atom. The van der Waals surface area contributed by atoms with Crippen molar-refractivity contribution in [3.63, 3.8) is 0 Å². The van der Waals surface area contributed by atoms with Crippen LogP contribution >= 0.6 is 0 Å². The molecule has 1 saturated heterocycles. The minimum Gasteiger partial charge on any atom is -0.505 e. The van der Waals surface area contributed by atoms with Crippen LogP contribution in [0.25, 0.3) is 0 Å². The fourth-order valence-corrected chi connectivity index (χ4v) is 3.23. The van der Waals surface area contributed by atoms with Crippen molar-refractivity contribution in [1.82, 2.24) is 4.90 Å². The van der Waals surface area contributed by atoms with Crippen LogP contribution in [0.4, 0.5) is 5.69 Å². The number of ether oxygens (including phenoxy) is 1. The smallest absolute Gasteiger partial charge is 0.341 e. The second kappa shape index (κ2) is 8.03. The van der Waals surface area contributed by atoms with Gasteiger partial charge in [-0.15, -0.1) is 0 Å². The van der Waals surface area contributed by atoms with E-state index in [0.29, 0.717) is 5.69 Å². The molecule has 0 bridgehead atoms. The van der Waals surface area contributed by atoms with Gasteiger partial charge in [-0.25, -0.2) is 4.79 Å². The van der Waals surface area contributed by atoms with Gasteiger partial charge in [0.05, 0.1) is 12.8 Å². The van der Waals surface area contributed by atoms with E-state index >= 15 is 0 Å². The number of hydrogen-bond acceptors (Lipinski definition) is 5. The summed E-state index contributed by atoms with van der Waals surface area (Å²) in [6.45, 7) is 2.98. The third-order valence-corrected chi connectivity index (χ3v) is 4.64. The summed E-state index contributed by atoms with van der Waals surface area (Å²) in [5, 5.41) is 13.7. The molecule has 5 heteroatoms. The fourth-order valence-electron chi connectivity index (χ4n) is 3.23. The number of carbonyl (C=O) groups excluding carboxylic acids is 1. The lowest BCUT2D eigenvalue weighted by molar-refractivity contribution is 0.0597. The summed E-state index contributed by atoms with van der Waals surface area (Å²) in [4.78, 5) is 14.1. The van der Waals surface area contributed by atoms with Gasteiger partial charge in [-0.05, 0) is 30.5 Å². The molecule has 2 aromatic carbocycles. The number of methoxy groups -OCH3 is 1. The number of likely N-dealkylation sites (tertiary alicyclic amines) is 1. The number of esters is 1. The zero-order valence-electron chi connectivity index (χ0n) is 14.4. The Hall–Kier alpha value is -2.53. The minimum absolute atomic E-state index is 0.0407. The molecule has 0 aliphatic carbocycles. The molecular weight excluding hydrogens is 316 g/mol. The molecule has 0 spiro atoms. The molecule has 1 aliphatic heterocycles. The molecule has 1 fully saturated rings. The molecule has 0 radical (unpaired) electrons. The van der Waals surface area contributed by atoms with Crippen molar-refractivity contribution in [2.75, 3.05) is 25.5 Å². The van der Waals surface area contributed by atoms with E-state index in [4.69, 9.17) is 4.74 Å². The van der Waals surface area contributed by atoms with E-state index in [1.54, 1.807) is 18.2 Å². The molecule has 132 valence electrons. The number of rotatable bonds is 5. The molecule has 3 rings (SSSR count). The number of anilines is 1. The zero-order valence-corrected chi connectivity index (χ0v) is 14.4. The van der Waals surface area contributed by atoms with Crippen LogP contribution in [-0.2, 0) is 11.3 Å². The summed E-state index contributed by atoms with van der Waals surface area (Å²) in [6, 6.07) is 15.9. The number of nitrogens with zero attached hydrogens (tertiary/aromatic N) is 1. The van der Waals surface area contributed by atoms with Gasteiger partial charge in [0.2, 0.25) is 0 Å². The van der Waals surface area contributed by atoms with E-state index < -0.39 is 5.97 Å². The largest absolute Gasteiger partial charge is 0.505 e. The average Bonchev–Trinajstić information content (AvgIpc) is 2.65. The SMILES string of the molecule is COC(=O)c1cccc(NC2CCN(Cc3ccccc3)CC2)c1O. The van der Waals surface area contributed by atoms with Crippen molar-refractivity contribution in [2.24, 2.45) is 0 Å². The Morgan fingerprint density at radius 2 is 1.88 bits per heavy atom. The van der Waals surface area contributed by atoms with Crippen molar-refractivity contribution in [3.8, 4) is 5.75 Å². The van der Waals surface area contributed by atoms with Crippen LogP contribution in [0.15, 0.2) is 48.5 Å². The summed E-state index contributed by atoms with van der Waals surface area (Å²) >= 11 is 0. The summed E-state index contributed by atoms with van der Waals surface area (Å²) in [6.07, 6.45) is 1.99. The van der Waals surface area contributed by atoms with Gasteiger partial charge in [-0.3, -0.25) is 4.90 Å². The number of benzene rings is 2. The lowest BCUT2D eigenvalue weighted by atomic mass is 10.0. The van der Waals surface area contributed by atoms with E-state index in [-0.39, 0.29) is 17.4 Å². The molecule has 2 N–H and O–H groups in total. The Morgan fingerprint density at radius 3 is 2.56 bits per heavy atom. The van der Waals surface area contributed by atoms with E-state index in [1.807, 2.05) is 6.07 Å². The number of hydrogen-bond donors (Lipinski definition) is 2. The van der Waals surface area contributed by atoms with Crippen LogP contribution < -0.4 is 5.32 Å². The molecular formula is C20H24N2O3. The van der Waals surface area contributed by atoms with Gasteiger partial charge in [-0.1, -0.05) is 36.4 Å². The predicted molar refractivity (Wildman–Crippen MR) is 97.8 cm³/mol. The van der Waals surface area contributed by atoms with Crippen molar-refractivity contribution >= 4 is 11.7 Å². The Labute approximate surface area is 148 Å². The average molecular weight is 340 g/mol. The summed E-state index contributed by atoms with van der Waals surface area (Å²) in [5.41, 5.74) is 2.11. The van der Waals surface area contributed by atoms with E-state index in [0.717, 1.165) is 32.5 Å². The topological polar surface area (TPSA) is 61.8 Å². The van der Waals surface area contributed by atoms with Crippen molar-refractivity contribution in [1.29, 1.82) is 0 Å². The predicted octanol–water partition coefficient (Wildman–Crippen LogP) is 3.26. The number of nitrogens with one attached hydrogen (secondary N) is 1. The van der Waals surface area contributed by atoms with Crippen LogP contribution in [0.2, 0.25) is 0 Å². The van der Waals surface area contributed by atoms with E-state index in [2.05, 4.69) is 34.5 Å². The molecule has 1 aliphatic rings. The van der Waals surface area contributed by atoms with Crippen molar-refractivity contribution in [3.05, 3.63) is 59.7 Å². The molecule has 0 amide bonds. The van der Waals surface area contributed by atoms with E-state index in [9.17, 15) is 9.90 Å². The lowest BCUT2D eigenvalue weighted by Crippen LogP contribution is -2.38. The number of carbonyl (C=O) groups is 1. The maximum Gasteiger partial charge on any atom is 0.341 e. The van der Waals surface area contributed by atoms with E-state index in [1.165, 1.54) is 12.7 Å². The van der Waals surface area contributed by atoms with Gasteiger partial charge in [0.1, 0.15) is 5.56 Å². The monoisotopic (exact) mass is 340 g/mol. The van der Waals surface area contributed by atoms with Crippen LogP contribution in [0.3, 0.4) is 0 Å². The third kappa shape index (κ3) is 4.31. The molecule has 0 saturated carbocycles. The third-order valence-electron chi connectivity index (χ3n) is 4.64. The molecule has 2 aromatic rings. The highest BCUT2D eigenvalue weighted by Crippen LogP contribution is 2.30. The van der Waals surface area contributed by atoms with Crippen LogP contribution in [0.1, 0.15) is 28.8 Å². The molecule has 0 unspecified atom stereocenters. The molecule has 0 atom stereocenters. The van der Waals surface area contributed by atoms with Gasteiger partial charge in [0.15, 0.2) is 5.75 Å². The van der Waals surface area contributed by atoms with Crippen LogP contribution in [0, 0.1) is 0 Å². The van der Waals surface area contributed by atoms with Crippen LogP contribution in [-0.4, -0.2) is 42.2 Å². The lowest BCUT2D eigenvalue weighted by Gasteiger charge is -2.33. The van der Waals surface area contributed by atoms with Gasteiger partial charge < -0.3 is 15.2 Å². The quantitative estimate of drug-likeness (QED) is 0.646. The molecule has 0 aromatic heterocycles. The van der Waals surface area contributed by atoms with Crippen molar-refractivity contribution in [2.45, 2.75) is 25.4 Å². The maximum atomic E-state index is 11.7. The normalized spacial score (nSPS) is 15.7. The first kappa shape index (κ1) is 17.3. The second-order valence-electron chi connectivity index (χ2n) is 6.37. The Balaban J connectivity index is 1.57. The van der Waals surface area contributed by atoms with Crippen molar-refractivity contribution < 1.29 is 14.6 Å². The number of phenolic OH excluding ortho intramolecular Hbond substituents is 1. The standard InChI is InChI=1S/C20H24N2O3/c1-25-20(24)17-8-5-9-18(19(17)23)21-16-10-12-22(13-11-16)14-15-6-3-2-4-7-15/h2-9,16,21,23H,10-14H2,1H3. The summed E-state index contributed by atoms with van der Waals surface area (Å²) < 4.78 is 4.70. The highest BCUT2D eigenvalue weighted by Gasteiger charge is 2.21. The van der Waals surface area contributed by atoms with Crippen LogP contribution in [0.5, 0.6) is 5.75 Å². The first-order valence-corrected chi connectivity index (χ1v) is 8.60. The Bertz CT molecular complexity index is 710. The molecule has 5 nitrogen and oxygen atoms in total. The van der Waals surface area contributed by atoms with Gasteiger partial charge in [-0.2, -0.15) is 0 Å². The fraction of sp³-hybridized carbons (Fsp3) is 0.350. The first-order chi connectivity index (χ1) is 12.2. The molecule has 25 heavy (non-hydrogen) atoms. The first-order valence-electron chi connectivity index (χ1n) is 8.60. The van der Waals surface area contributed by atoms with Gasteiger partial charge >= 0.3 is 5.97 Å². The molecule has 1 heterocycles. The van der Waals surface area contributed by atoms with Gasteiger partial charge in [0, 0.05) is 25.7 Å². The number of aromatic hydroxyl groups is 1. The number of para-hydroxylation sites is 1. The highest BCUT2D eigenvalue weighted by molar-refractivity contribution is 5.94. The summed E-state index contributed by atoms with van der Waals surface area (Å²) in [7, 11) is 1.31.